The van der Waals surface area contributed by atoms with E-state index in [0.717, 1.165) is 11.1 Å². The Hall–Kier alpha value is -5.75. The molecule has 9 rings (SSSR count). The first kappa shape index (κ1) is 46.4. The van der Waals surface area contributed by atoms with Crippen LogP contribution in [0.1, 0.15) is 67.9 Å². The molecule has 11 atom stereocenters. The van der Waals surface area contributed by atoms with Gasteiger partial charge in [-0.2, -0.15) is 0 Å². The van der Waals surface area contributed by atoms with Crippen molar-refractivity contribution < 1.29 is 61.8 Å². The lowest BCUT2D eigenvalue weighted by molar-refractivity contribution is -0.377. The summed E-state index contributed by atoms with van der Waals surface area (Å²) in [5, 5.41) is 0. The van der Waals surface area contributed by atoms with Gasteiger partial charge in [0, 0.05) is 12.5 Å². The van der Waals surface area contributed by atoms with Crippen LogP contribution in [0, 0.1) is 0 Å². The van der Waals surface area contributed by atoms with Gasteiger partial charge in [-0.15, -0.1) is 11.8 Å². The van der Waals surface area contributed by atoms with Crippen molar-refractivity contribution >= 4 is 35.5 Å². The summed E-state index contributed by atoms with van der Waals surface area (Å²) >= 11 is 1.41. The fourth-order valence-corrected chi connectivity index (χ4v) is 9.90. The molecule has 5 aromatic carbocycles. The van der Waals surface area contributed by atoms with Crippen molar-refractivity contribution in [3.63, 3.8) is 0 Å². The second kappa shape index (κ2) is 21.5. The van der Waals surface area contributed by atoms with E-state index < -0.39 is 90.5 Å². The van der Waals surface area contributed by atoms with Crippen LogP contribution in [-0.4, -0.2) is 108 Å². The molecule has 4 aliphatic heterocycles. The van der Waals surface area contributed by atoms with Crippen LogP contribution >= 0.6 is 11.8 Å². The number of esters is 2. The normalized spacial score (nSPS) is 28.0. The zero-order valence-corrected chi connectivity index (χ0v) is 37.7. The summed E-state index contributed by atoms with van der Waals surface area (Å²) < 4.78 is 59.2. The summed E-state index contributed by atoms with van der Waals surface area (Å²) in [7, 11) is 0. The Bertz CT molecular complexity index is 2430. The number of imide groups is 1. The molecule has 2 amide bonds. The van der Waals surface area contributed by atoms with Gasteiger partial charge < -0.3 is 42.6 Å². The fraction of sp³-hybridized carbons (Fsp3) is 0.346. The van der Waals surface area contributed by atoms with Crippen LogP contribution < -0.4 is 0 Å². The lowest BCUT2D eigenvalue weighted by atomic mass is 9.94. The molecule has 4 heterocycles. The Labute approximate surface area is 392 Å². The number of fused-ring (bicyclic) bond motifs is 2. The zero-order chi connectivity index (χ0) is 46.3. The third-order valence-electron chi connectivity index (χ3n) is 11.9. The Balaban J connectivity index is 1.12. The van der Waals surface area contributed by atoms with E-state index in [1.165, 1.54) is 23.6 Å². The maximum absolute atomic E-state index is 14.5. The average Bonchev–Trinajstić information content (AvgIpc) is 3.61. The first-order valence-electron chi connectivity index (χ1n) is 22.3. The molecule has 14 nitrogen and oxygen atoms in total. The van der Waals surface area contributed by atoms with E-state index in [-0.39, 0.29) is 43.1 Å². The molecule has 0 aromatic heterocycles. The molecule has 0 bridgehead atoms. The minimum Gasteiger partial charge on any atom is -0.453 e. The topological polar surface area (TPSA) is 155 Å². The Morgan fingerprint density at radius 3 is 1.90 bits per heavy atom. The Kier molecular flexibility index (Phi) is 14.9. The van der Waals surface area contributed by atoms with Gasteiger partial charge in [-0.05, 0) is 41.1 Å². The second-order valence-electron chi connectivity index (χ2n) is 16.4. The van der Waals surface area contributed by atoms with Crippen LogP contribution in [-0.2, 0) is 60.6 Å². The van der Waals surface area contributed by atoms with Gasteiger partial charge in [-0.1, -0.05) is 128 Å². The second-order valence-corrected chi connectivity index (χ2v) is 17.8. The van der Waals surface area contributed by atoms with E-state index >= 15 is 0 Å². The van der Waals surface area contributed by atoms with Crippen molar-refractivity contribution in [1.82, 2.24) is 4.90 Å². The van der Waals surface area contributed by atoms with E-state index in [4.69, 9.17) is 42.6 Å². The largest absolute Gasteiger partial charge is 0.453 e. The van der Waals surface area contributed by atoms with Gasteiger partial charge in [0.15, 0.2) is 24.8 Å². The van der Waals surface area contributed by atoms with Crippen LogP contribution in [0.3, 0.4) is 0 Å². The highest BCUT2D eigenvalue weighted by Crippen LogP contribution is 2.42. The van der Waals surface area contributed by atoms with Crippen molar-refractivity contribution in [2.24, 2.45) is 0 Å². The molecule has 348 valence electrons. The zero-order valence-electron chi connectivity index (χ0n) is 36.9. The lowest BCUT2D eigenvalue weighted by Crippen LogP contribution is -2.69. The molecule has 3 fully saturated rings. The molecule has 4 aliphatic rings. The Morgan fingerprint density at radius 1 is 0.672 bits per heavy atom. The Morgan fingerprint density at radius 2 is 1.27 bits per heavy atom. The van der Waals surface area contributed by atoms with Gasteiger partial charge >= 0.3 is 11.9 Å². The quantitative estimate of drug-likeness (QED) is 0.0717. The maximum atomic E-state index is 14.5. The summed E-state index contributed by atoms with van der Waals surface area (Å²) in [6.07, 6.45) is -10.2. The van der Waals surface area contributed by atoms with Crippen molar-refractivity contribution in [3.05, 3.63) is 179 Å². The van der Waals surface area contributed by atoms with Gasteiger partial charge in [0.2, 0.25) is 0 Å². The maximum Gasteiger partial charge on any atom is 0.338 e. The summed E-state index contributed by atoms with van der Waals surface area (Å²) in [4.78, 5) is 57.3. The van der Waals surface area contributed by atoms with Gasteiger partial charge in [-0.3, -0.25) is 19.3 Å². The van der Waals surface area contributed by atoms with Gasteiger partial charge in [-0.25, -0.2) is 4.79 Å². The van der Waals surface area contributed by atoms with Crippen molar-refractivity contribution in [1.29, 1.82) is 0 Å². The number of amides is 2. The van der Waals surface area contributed by atoms with Gasteiger partial charge in [0.1, 0.15) is 42.0 Å². The monoisotopic (exact) mass is 929 g/mol. The molecule has 0 unspecified atom stereocenters. The molecular weight excluding hydrogens is 879 g/mol. The third kappa shape index (κ3) is 10.4. The number of thioether (sulfide) groups is 1. The average molecular weight is 930 g/mol. The standard InChI is InChI=1S/C52H51NO13S/c1-3-67-52-41(53-47(55)37-26-16-17-27-38(37)48(53)56)44(59-29-34-20-10-5-11-21-34)42(39(63-52)30-58-28-33-18-8-4-9-19-33)66-51-46(61-32(2)54)45(64-49(57)35-22-12-6-13-23-35)43-40(62-51)31-60-50(65-43)36-24-14-7-15-25-36/h4-27,39-46,50-52H,3,28-31H2,1-2H3/t39-,40-,41-,42-,43-,44-,45+,46-,50-,51+,52+/m1/s1. The molecular formula is C52H51NO13S. The summed E-state index contributed by atoms with van der Waals surface area (Å²) in [5.41, 5.74) is 2.40. The van der Waals surface area contributed by atoms with E-state index in [1.807, 2.05) is 97.9 Å². The first-order chi connectivity index (χ1) is 32.8. The highest BCUT2D eigenvalue weighted by molar-refractivity contribution is 7.99. The molecule has 0 aliphatic carbocycles. The van der Waals surface area contributed by atoms with E-state index in [1.54, 1.807) is 54.6 Å². The minimum atomic E-state index is -1.48. The first-order valence-corrected chi connectivity index (χ1v) is 23.4. The minimum absolute atomic E-state index is 0.0259. The molecule has 0 N–H and O–H groups in total. The highest BCUT2D eigenvalue weighted by atomic mass is 32.2. The SMILES string of the molecule is CCS[C@@H]1O[C@H](COCc2ccccc2)[C@@H](O[C@@H]2O[C@@H]3CO[C@@H](c4ccccc4)O[C@H]3[C@H](OC(=O)c3ccccc3)[C@H]2OC(C)=O)[C@H](OCc2ccccc2)[C@H]1N1C(=O)c2ccccc2C1=O. The number of carbonyl (C=O) groups excluding carboxylic acids is 4. The van der Waals surface area contributed by atoms with Crippen molar-refractivity contribution in [2.75, 3.05) is 19.0 Å². The van der Waals surface area contributed by atoms with Gasteiger partial charge in [0.25, 0.3) is 11.8 Å². The predicted octanol–water partition coefficient (Wildman–Crippen LogP) is 7.31. The summed E-state index contributed by atoms with van der Waals surface area (Å²) in [6.45, 7) is 3.41. The number of hydrogen-bond donors (Lipinski definition) is 0. The van der Waals surface area contributed by atoms with E-state index in [2.05, 4.69) is 0 Å². The van der Waals surface area contributed by atoms with Crippen molar-refractivity contribution in [3.8, 4) is 0 Å². The van der Waals surface area contributed by atoms with Crippen LogP contribution in [0.25, 0.3) is 0 Å². The summed E-state index contributed by atoms with van der Waals surface area (Å²) in [5.74, 6) is -1.87. The third-order valence-corrected chi connectivity index (χ3v) is 13.0. The molecule has 0 spiro atoms. The highest BCUT2D eigenvalue weighted by Gasteiger charge is 2.59. The predicted molar refractivity (Wildman–Crippen MR) is 243 cm³/mol. The molecule has 3 saturated heterocycles. The van der Waals surface area contributed by atoms with Crippen molar-refractivity contribution in [2.45, 2.75) is 93.8 Å². The van der Waals surface area contributed by atoms with Crippen LogP contribution in [0.15, 0.2) is 146 Å². The lowest BCUT2D eigenvalue weighted by Gasteiger charge is -2.52. The number of nitrogens with zero attached hydrogens (tertiary/aromatic N) is 1. The van der Waals surface area contributed by atoms with E-state index in [0.29, 0.717) is 11.3 Å². The number of ether oxygens (including phenoxy) is 9. The number of hydrogen-bond acceptors (Lipinski definition) is 14. The van der Waals surface area contributed by atoms with E-state index in [9.17, 15) is 19.2 Å². The molecule has 0 saturated carbocycles. The number of benzene rings is 5. The molecule has 5 aromatic rings. The molecule has 0 radical (unpaired) electrons. The van der Waals surface area contributed by atoms with Crippen LogP contribution in [0.5, 0.6) is 0 Å². The van der Waals surface area contributed by atoms with Gasteiger partial charge in [0.05, 0.1) is 43.1 Å². The number of rotatable bonds is 16. The molecule has 67 heavy (non-hydrogen) atoms. The van der Waals surface area contributed by atoms with Crippen LogP contribution in [0.2, 0.25) is 0 Å². The fourth-order valence-electron chi connectivity index (χ4n) is 8.87. The number of carbonyl (C=O) groups is 4. The smallest absolute Gasteiger partial charge is 0.338 e. The summed E-state index contributed by atoms with van der Waals surface area (Å²) in [6, 6.07) is 42.4. The molecule has 15 heteroatoms. The van der Waals surface area contributed by atoms with Crippen LogP contribution in [0.4, 0.5) is 0 Å².